The minimum Gasteiger partial charge on any atom is -0.484 e. The van der Waals surface area contributed by atoms with Gasteiger partial charge in [0, 0.05) is 37.9 Å². The number of aromatic nitrogens is 4. The molecule has 0 N–H and O–H groups in total. The fourth-order valence-corrected chi connectivity index (χ4v) is 3.38. The molecule has 1 fully saturated rings. The Morgan fingerprint density at radius 3 is 2.61 bits per heavy atom. The smallest absolute Gasteiger partial charge is 0.260 e. The number of amides is 1. The summed E-state index contributed by atoms with van der Waals surface area (Å²) in [6, 6.07) is 9.89. The second-order valence-corrected chi connectivity index (χ2v) is 6.88. The zero-order valence-electron chi connectivity index (χ0n) is 16.2. The zero-order chi connectivity index (χ0) is 19.5. The Balaban J connectivity index is 1.34. The van der Waals surface area contributed by atoms with Gasteiger partial charge in [-0.2, -0.15) is 14.6 Å². The fraction of sp³-hybridized carbons (Fsp3) is 0.400. The van der Waals surface area contributed by atoms with E-state index >= 15 is 0 Å². The van der Waals surface area contributed by atoms with E-state index in [1.807, 2.05) is 42.2 Å². The number of anilines is 1. The van der Waals surface area contributed by atoms with E-state index in [9.17, 15) is 4.79 Å². The number of nitrogens with zero attached hydrogens (tertiary/aromatic N) is 6. The number of piperazine rings is 1. The number of rotatable bonds is 5. The van der Waals surface area contributed by atoms with Gasteiger partial charge >= 0.3 is 0 Å². The molecule has 3 heterocycles. The molecular weight excluding hydrogens is 356 g/mol. The van der Waals surface area contributed by atoms with Crippen LogP contribution < -0.4 is 9.64 Å². The maximum Gasteiger partial charge on any atom is 0.260 e. The molecule has 0 bridgehead atoms. The predicted molar refractivity (Wildman–Crippen MR) is 106 cm³/mol. The van der Waals surface area contributed by atoms with E-state index in [0.717, 1.165) is 36.8 Å². The van der Waals surface area contributed by atoms with Crippen molar-refractivity contribution in [2.75, 3.05) is 37.7 Å². The van der Waals surface area contributed by atoms with Crippen LogP contribution in [0.4, 0.5) is 5.82 Å². The van der Waals surface area contributed by atoms with Gasteiger partial charge in [0.2, 0.25) is 0 Å². The first-order valence-electron chi connectivity index (χ1n) is 9.56. The molecule has 8 nitrogen and oxygen atoms in total. The van der Waals surface area contributed by atoms with Gasteiger partial charge in [0.15, 0.2) is 6.61 Å². The van der Waals surface area contributed by atoms with Gasteiger partial charge in [0.05, 0.1) is 0 Å². The van der Waals surface area contributed by atoms with E-state index < -0.39 is 0 Å². The van der Waals surface area contributed by atoms with Crippen LogP contribution in [0.25, 0.3) is 5.78 Å². The highest BCUT2D eigenvalue weighted by Gasteiger charge is 2.23. The minimum absolute atomic E-state index is 0.0102. The lowest BCUT2D eigenvalue weighted by Crippen LogP contribution is -2.50. The molecule has 1 amide bonds. The number of hydrogen-bond donors (Lipinski definition) is 0. The second kappa shape index (κ2) is 7.84. The first kappa shape index (κ1) is 18.2. The highest BCUT2D eigenvalue weighted by molar-refractivity contribution is 5.78. The molecule has 0 aliphatic carbocycles. The summed E-state index contributed by atoms with van der Waals surface area (Å²) in [4.78, 5) is 25.1. The lowest BCUT2D eigenvalue weighted by molar-refractivity contribution is -0.133. The van der Waals surface area contributed by atoms with Crippen molar-refractivity contribution in [1.82, 2.24) is 24.5 Å². The Morgan fingerprint density at radius 1 is 1.14 bits per heavy atom. The highest BCUT2D eigenvalue weighted by Crippen LogP contribution is 2.18. The van der Waals surface area contributed by atoms with Gasteiger partial charge < -0.3 is 14.5 Å². The molecular formula is C20H24N6O2. The summed E-state index contributed by atoms with van der Waals surface area (Å²) < 4.78 is 7.40. The quantitative estimate of drug-likeness (QED) is 0.671. The average molecular weight is 380 g/mol. The summed E-state index contributed by atoms with van der Waals surface area (Å²) in [7, 11) is 0. The number of ether oxygens (including phenoxy) is 1. The van der Waals surface area contributed by atoms with Crippen molar-refractivity contribution >= 4 is 17.5 Å². The molecule has 0 unspecified atom stereocenters. The molecule has 1 aliphatic rings. The van der Waals surface area contributed by atoms with Crippen LogP contribution >= 0.6 is 0 Å². The van der Waals surface area contributed by atoms with E-state index in [1.165, 1.54) is 11.9 Å². The molecule has 3 aromatic rings. The van der Waals surface area contributed by atoms with Crippen molar-refractivity contribution < 1.29 is 9.53 Å². The third kappa shape index (κ3) is 3.76. The topological polar surface area (TPSA) is 75.9 Å². The minimum atomic E-state index is 0.0102. The molecule has 28 heavy (non-hydrogen) atoms. The number of benzene rings is 1. The van der Waals surface area contributed by atoms with Gasteiger partial charge in [-0.1, -0.05) is 19.1 Å². The molecule has 4 rings (SSSR count). The second-order valence-electron chi connectivity index (χ2n) is 6.88. The van der Waals surface area contributed by atoms with Crippen molar-refractivity contribution in [3.05, 3.63) is 47.9 Å². The van der Waals surface area contributed by atoms with Crippen LogP contribution in [0.5, 0.6) is 5.75 Å². The Hall–Kier alpha value is -3.16. The van der Waals surface area contributed by atoms with E-state index in [0.29, 0.717) is 18.9 Å². The number of carbonyl (C=O) groups is 1. The predicted octanol–water partition coefficient (Wildman–Crippen LogP) is 1.72. The van der Waals surface area contributed by atoms with E-state index in [2.05, 4.69) is 26.9 Å². The van der Waals surface area contributed by atoms with E-state index in [4.69, 9.17) is 4.74 Å². The van der Waals surface area contributed by atoms with E-state index in [-0.39, 0.29) is 12.5 Å². The van der Waals surface area contributed by atoms with Crippen LogP contribution in [0.15, 0.2) is 36.7 Å². The van der Waals surface area contributed by atoms with Crippen LogP contribution in [-0.4, -0.2) is 63.2 Å². The van der Waals surface area contributed by atoms with Crippen molar-refractivity contribution in [1.29, 1.82) is 0 Å². The van der Waals surface area contributed by atoms with Crippen LogP contribution in [0.2, 0.25) is 0 Å². The SMILES string of the molecule is CCc1ccc(OCC(=O)N2CCN(c3cc(C)nc4ncnn34)CC2)cc1. The summed E-state index contributed by atoms with van der Waals surface area (Å²) >= 11 is 0. The Morgan fingerprint density at radius 2 is 1.89 bits per heavy atom. The standard InChI is InChI=1S/C20H24N6O2/c1-3-16-4-6-17(7-5-16)28-13-19(27)25-10-8-24(9-11-25)18-12-15(2)23-20-21-14-22-26(18)20/h4-7,12,14H,3,8-11,13H2,1-2H3. The lowest BCUT2D eigenvalue weighted by atomic mass is 10.2. The Kier molecular flexibility index (Phi) is 5.10. The van der Waals surface area contributed by atoms with Gasteiger partial charge in [0.1, 0.15) is 17.9 Å². The van der Waals surface area contributed by atoms with Gasteiger partial charge in [-0.3, -0.25) is 4.79 Å². The molecule has 1 aliphatic heterocycles. The number of hydrogen-bond acceptors (Lipinski definition) is 6. The van der Waals surface area contributed by atoms with Crippen molar-refractivity contribution in [3.8, 4) is 5.75 Å². The third-order valence-electron chi connectivity index (χ3n) is 5.01. The van der Waals surface area contributed by atoms with Gasteiger partial charge in [0.25, 0.3) is 11.7 Å². The van der Waals surface area contributed by atoms with Crippen LogP contribution in [0.3, 0.4) is 0 Å². The highest BCUT2D eigenvalue weighted by atomic mass is 16.5. The Labute approximate surface area is 163 Å². The molecule has 146 valence electrons. The first-order valence-corrected chi connectivity index (χ1v) is 9.56. The molecule has 0 saturated carbocycles. The summed E-state index contributed by atoms with van der Waals surface area (Å²) in [6.07, 6.45) is 2.50. The van der Waals surface area contributed by atoms with Crippen molar-refractivity contribution in [2.24, 2.45) is 0 Å². The summed E-state index contributed by atoms with van der Waals surface area (Å²) in [5, 5.41) is 4.27. The monoisotopic (exact) mass is 380 g/mol. The molecule has 8 heteroatoms. The normalized spacial score (nSPS) is 14.5. The molecule has 2 aromatic heterocycles. The van der Waals surface area contributed by atoms with Crippen molar-refractivity contribution in [3.63, 3.8) is 0 Å². The zero-order valence-corrected chi connectivity index (χ0v) is 16.2. The fourth-order valence-electron chi connectivity index (χ4n) is 3.38. The van der Waals surface area contributed by atoms with Crippen LogP contribution in [-0.2, 0) is 11.2 Å². The molecule has 0 spiro atoms. The number of carbonyl (C=O) groups excluding carboxylic acids is 1. The number of aryl methyl sites for hydroxylation is 2. The number of fused-ring (bicyclic) bond motifs is 1. The molecule has 1 saturated heterocycles. The summed E-state index contributed by atoms with van der Waals surface area (Å²) in [6.45, 7) is 6.88. The molecule has 0 radical (unpaired) electrons. The van der Waals surface area contributed by atoms with Gasteiger partial charge in [-0.05, 0) is 31.0 Å². The van der Waals surface area contributed by atoms with Gasteiger partial charge in [-0.15, -0.1) is 0 Å². The van der Waals surface area contributed by atoms with Crippen LogP contribution in [0, 0.1) is 6.92 Å². The Bertz CT molecular complexity index is 960. The maximum atomic E-state index is 12.5. The average Bonchev–Trinajstić information content (AvgIpc) is 3.20. The van der Waals surface area contributed by atoms with E-state index in [1.54, 1.807) is 4.52 Å². The third-order valence-corrected chi connectivity index (χ3v) is 5.01. The largest absolute Gasteiger partial charge is 0.484 e. The van der Waals surface area contributed by atoms with Crippen molar-refractivity contribution in [2.45, 2.75) is 20.3 Å². The summed E-state index contributed by atoms with van der Waals surface area (Å²) in [5.41, 5.74) is 2.15. The summed E-state index contributed by atoms with van der Waals surface area (Å²) in [5.74, 6) is 2.29. The van der Waals surface area contributed by atoms with Crippen LogP contribution in [0.1, 0.15) is 18.2 Å². The van der Waals surface area contributed by atoms with Gasteiger partial charge in [-0.25, -0.2) is 4.98 Å². The molecule has 1 aromatic carbocycles. The first-order chi connectivity index (χ1) is 13.6. The maximum absolute atomic E-state index is 12.5. The lowest BCUT2D eigenvalue weighted by Gasteiger charge is -2.35. The molecule has 0 atom stereocenters.